The van der Waals surface area contributed by atoms with Crippen LogP contribution in [-0.2, 0) is 4.79 Å². The summed E-state index contributed by atoms with van der Waals surface area (Å²) in [6.07, 6.45) is 1.26. The molecular formula is C13H16N4O4. The van der Waals surface area contributed by atoms with Gasteiger partial charge in [0.25, 0.3) is 0 Å². The molecule has 1 saturated heterocycles. The number of urea groups is 1. The molecule has 1 aromatic heterocycles. The molecule has 1 aromatic rings. The molecular weight excluding hydrogens is 276 g/mol. The molecule has 1 aliphatic heterocycles. The number of piperazine rings is 1. The highest BCUT2D eigenvalue weighted by Crippen LogP contribution is 2.19. The van der Waals surface area contributed by atoms with Crippen molar-refractivity contribution in [3.05, 3.63) is 24.0 Å². The van der Waals surface area contributed by atoms with Crippen LogP contribution in [0.2, 0.25) is 0 Å². The lowest BCUT2D eigenvalue weighted by atomic mass is 9.99. The molecule has 1 fully saturated rings. The summed E-state index contributed by atoms with van der Waals surface area (Å²) in [5.74, 6) is -1.36. The molecule has 2 heterocycles. The Balaban J connectivity index is 2.10. The Bertz CT molecular complexity index is 582. The molecule has 21 heavy (non-hydrogen) atoms. The van der Waals surface area contributed by atoms with Crippen LogP contribution in [0, 0.1) is 0 Å². The molecule has 3 amide bonds. The van der Waals surface area contributed by atoms with Gasteiger partial charge < -0.3 is 20.6 Å². The fraction of sp³-hybridized carbons (Fsp3) is 0.385. The summed E-state index contributed by atoms with van der Waals surface area (Å²) in [6, 6.07) is 2.32. The first-order valence-corrected chi connectivity index (χ1v) is 6.38. The number of hydrogen-bond acceptors (Lipinski definition) is 4. The summed E-state index contributed by atoms with van der Waals surface area (Å²) >= 11 is 0. The lowest BCUT2D eigenvalue weighted by Gasteiger charge is -2.40. The Kier molecular flexibility index (Phi) is 3.79. The lowest BCUT2D eigenvalue weighted by Crippen LogP contribution is -2.64. The topological polar surface area (TPSA) is 112 Å². The molecule has 0 aromatic carbocycles. The normalized spacial score (nSPS) is 17.0. The van der Waals surface area contributed by atoms with Crippen molar-refractivity contribution in [2.75, 3.05) is 18.4 Å². The molecule has 1 aliphatic rings. The van der Waals surface area contributed by atoms with Crippen LogP contribution in [0.4, 0.5) is 10.5 Å². The summed E-state index contributed by atoms with van der Waals surface area (Å²) in [7, 11) is 0. The number of hydrogen-bond donors (Lipinski definition) is 3. The molecule has 2 rings (SSSR count). The summed E-state index contributed by atoms with van der Waals surface area (Å²) in [5.41, 5.74) is -0.686. The zero-order chi connectivity index (χ0) is 15.6. The van der Waals surface area contributed by atoms with Crippen molar-refractivity contribution in [2.45, 2.75) is 19.4 Å². The molecule has 0 atom stereocenters. The molecule has 8 heteroatoms. The zero-order valence-corrected chi connectivity index (χ0v) is 11.7. The Morgan fingerprint density at radius 3 is 2.71 bits per heavy atom. The minimum Gasteiger partial charge on any atom is -0.477 e. The van der Waals surface area contributed by atoms with Crippen molar-refractivity contribution in [1.82, 2.24) is 15.2 Å². The highest BCUT2D eigenvalue weighted by Gasteiger charge is 2.40. The van der Waals surface area contributed by atoms with E-state index in [0.29, 0.717) is 18.8 Å². The number of carboxylic acids is 1. The van der Waals surface area contributed by atoms with Gasteiger partial charge in [-0.3, -0.25) is 4.79 Å². The Morgan fingerprint density at radius 2 is 2.14 bits per heavy atom. The van der Waals surface area contributed by atoms with Crippen LogP contribution < -0.4 is 10.6 Å². The summed E-state index contributed by atoms with van der Waals surface area (Å²) in [5, 5.41) is 14.1. The third-order valence-corrected chi connectivity index (χ3v) is 3.33. The second kappa shape index (κ2) is 5.39. The van der Waals surface area contributed by atoms with Gasteiger partial charge in [0.2, 0.25) is 5.91 Å². The lowest BCUT2D eigenvalue weighted by molar-refractivity contribution is -0.132. The van der Waals surface area contributed by atoms with Crippen molar-refractivity contribution in [3.8, 4) is 0 Å². The van der Waals surface area contributed by atoms with Gasteiger partial charge in [-0.25, -0.2) is 14.6 Å². The first-order valence-electron chi connectivity index (χ1n) is 6.38. The number of pyridine rings is 1. The first kappa shape index (κ1) is 14.8. The van der Waals surface area contributed by atoms with Gasteiger partial charge in [0.15, 0.2) is 0 Å². The zero-order valence-electron chi connectivity index (χ0n) is 11.7. The average molecular weight is 292 g/mol. The van der Waals surface area contributed by atoms with E-state index >= 15 is 0 Å². The largest absolute Gasteiger partial charge is 0.477 e. The maximum atomic E-state index is 12.2. The number of aromatic carboxylic acids is 1. The summed E-state index contributed by atoms with van der Waals surface area (Å²) < 4.78 is 0. The van der Waals surface area contributed by atoms with Gasteiger partial charge in [-0.1, -0.05) is 0 Å². The standard InChI is InChI=1S/C13H16N4O4/c1-13(2)11(20)14-5-6-17(13)12(21)16-8-3-4-9(10(18)19)15-7-8/h3-4,7H,5-6H2,1-2H3,(H,14,20)(H,16,21)(H,18,19). The Hall–Kier alpha value is -2.64. The van der Waals surface area contributed by atoms with Gasteiger partial charge in [-0.2, -0.15) is 0 Å². The maximum absolute atomic E-state index is 12.2. The van der Waals surface area contributed by atoms with Gasteiger partial charge in [0.1, 0.15) is 11.2 Å². The molecule has 0 aliphatic carbocycles. The van der Waals surface area contributed by atoms with Crippen molar-refractivity contribution in [3.63, 3.8) is 0 Å². The second-order valence-electron chi connectivity index (χ2n) is 5.13. The van der Waals surface area contributed by atoms with Gasteiger partial charge in [-0.05, 0) is 26.0 Å². The predicted molar refractivity (Wildman–Crippen MR) is 74.0 cm³/mol. The quantitative estimate of drug-likeness (QED) is 0.736. The van der Waals surface area contributed by atoms with Crippen molar-refractivity contribution in [2.24, 2.45) is 0 Å². The van der Waals surface area contributed by atoms with Gasteiger partial charge in [0, 0.05) is 13.1 Å². The van der Waals surface area contributed by atoms with Crippen LogP contribution in [0.1, 0.15) is 24.3 Å². The fourth-order valence-corrected chi connectivity index (χ4v) is 2.04. The second-order valence-corrected chi connectivity index (χ2v) is 5.13. The average Bonchev–Trinajstić information content (AvgIpc) is 2.42. The molecule has 8 nitrogen and oxygen atoms in total. The number of carbonyl (C=O) groups is 3. The predicted octanol–water partition coefficient (Wildman–Crippen LogP) is 0.522. The molecule has 0 spiro atoms. The van der Waals surface area contributed by atoms with Gasteiger partial charge >= 0.3 is 12.0 Å². The minimum atomic E-state index is -1.14. The van der Waals surface area contributed by atoms with Crippen LogP contribution in [0.3, 0.4) is 0 Å². The van der Waals surface area contributed by atoms with Crippen molar-refractivity contribution < 1.29 is 19.5 Å². The third kappa shape index (κ3) is 2.93. The summed E-state index contributed by atoms with van der Waals surface area (Å²) in [4.78, 5) is 39.9. The van der Waals surface area contributed by atoms with Crippen LogP contribution in [-0.4, -0.2) is 51.5 Å². The van der Waals surface area contributed by atoms with Gasteiger partial charge in [0.05, 0.1) is 11.9 Å². The molecule has 0 bridgehead atoms. The third-order valence-electron chi connectivity index (χ3n) is 3.33. The maximum Gasteiger partial charge on any atom is 0.354 e. The smallest absolute Gasteiger partial charge is 0.354 e. The Morgan fingerprint density at radius 1 is 1.43 bits per heavy atom. The Labute approximate surface area is 121 Å². The summed E-state index contributed by atoms with van der Waals surface area (Å²) in [6.45, 7) is 4.11. The van der Waals surface area contributed by atoms with E-state index in [4.69, 9.17) is 5.11 Å². The van der Waals surface area contributed by atoms with E-state index in [9.17, 15) is 14.4 Å². The van der Waals surface area contributed by atoms with E-state index in [1.807, 2.05) is 0 Å². The van der Waals surface area contributed by atoms with E-state index in [-0.39, 0.29) is 11.6 Å². The van der Waals surface area contributed by atoms with Crippen LogP contribution in [0.5, 0.6) is 0 Å². The fourth-order valence-electron chi connectivity index (χ4n) is 2.04. The van der Waals surface area contributed by atoms with E-state index in [1.54, 1.807) is 13.8 Å². The SMILES string of the molecule is CC1(C)C(=O)NCCN1C(=O)Nc1ccc(C(=O)O)nc1. The van der Waals surface area contributed by atoms with E-state index in [1.165, 1.54) is 23.2 Å². The number of amides is 3. The van der Waals surface area contributed by atoms with Crippen LogP contribution >= 0.6 is 0 Å². The molecule has 112 valence electrons. The number of nitrogens with zero attached hydrogens (tertiary/aromatic N) is 2. The van der Waals surface area contributed by atoms with Crippen LogP contribution in [0.15, 0.2) is 18.3 Å². The van der Waals surface area contributed by atoms with Crippen molar-refractivity contribution >= 4 is 23.6 Å². The molecule has 0 saturated carbocycles. The van der Waals surface area contributed by atoms with Gasteiger partial charge in [-0.15, -0.1) is 0 Å². The molecule has 3 N–H and O–H groups in total. The number of carboxylic acid groups (broad SMARTS) is 1. The highest BCUT2D eigenvalue weighted by molar-refractivity contribution is 5.96. The number of anilines is 1. The van der Waals surface area contributed by atoms with E-state index in [0.717, 1.165) is 0 Å². The number of rotatable bonds is 2. The first-order chi connectivity index (χ1) is 9.82. The minimum absolute atomic E-state index is 0.106. The van der Waals surface area contributed by atoms with Crippen LogP contribution in [0.25, 0.3) is 0 Å². The van der Waals surface area contributed by atoms with E-state index in [2.05, 4.69) is 15.6 Å². The molecule has 0 unspecified atom stereocenters. The monoisotopic (exact) mass is 292 g/mol. The van der Waals surface area contributed by atoms with Crippen molar-refractivity contribution in [1.29, 1.82) is 0 Å². The highest BCUT2D eigenvalue weighted by atomic mass is 16.4. The van der Waals surface area contributed by atoms with E-state index < -0.39 is 17.5 Å². The number of aromatic nitrogens is 1. The number of nitrogens with one attached hydrogen (secondary N) is 2. The molecule has 0 radical (unpaired) electrons. The number of carbonyl (C=O) groups excluding carboxylic acids is 2.